The minimum atomic E-state index is -0.183. The summed E-state index contributed by atoms with van der Waals surface area (Å²) in [5.74, 6) is 0. The van der Waals surface area contributed by atoms with Gasteiger partial charge in [-0.3, -0.25) is 0 Å². The molecule has 2 N–H and O–H groups in total. The molecule has 3 heteroatoms. The molecule has 1 saturated heterocycles. The van der Waals surface area contributed by atoms with E-state index in [0.29, 0.717) is 6.61 Å². The van der Waals surface area contributed by atoms with E-state index in [0.717, 1.165) is 25.9 Å². The van der Waals surface area contributed by atoms with Crippen molar-refractivity contribution in [2.45, 2.75) is 44.2 Å². The zero-order chi connectivity index (χ0) is 9.95. The van der Waals surface area contributed by atoms with E-state index < -0.39 is 0 Å². The first-order valence-electron chi connectivity index (χ1n) is 4.89. The van der Waals surface area contributed by atoms with E-state index in [9.17, 15) is 0 Å². The highest BCUT2D eigenvalue weighted by Crippen LogP contribution is 2.27. The fourth-order valence-electron chi connectivity index (χ4n) is 1.93. The van der Waals surface area contributed by atoms with Crippen molar-refractivity contribution in [3.8, 4) is 0 Å². The normalized spacial score (nSPS) is 30.5. The Kier molecular flexibility index (Phi) is 3.33. The smallest absolute Gasteiger partial charge is 0.0647 e. The van der Waals surface area contributed by atoms with Crippen molar-refractivity contribution < 1.29 is 9.47 Å². The zero-order valence-electron chi connectivity index (χ0n) is 8.93. The summed E-state index contributed by atoms with van der Waals surface area (Å²) < 4.78 is 10.8. The lowest BCUT2D eigenvalue weighted by molar-refractivity contribution is -0.0385. The van der Waals surface area contributed by atoms with Crippen LogP contribution in [0.15, 0.2) is 0 Å². The number of nitrogens with two attached hydrogens (primary N) is 1. The predicted octanol–water partition coefficient (Wildman–Crippen LogP) is 1.31. The highest BCUT2D eigenvalue weighted by atomic mass is 16.5. The van der Waals surface area contributed by atoms with Crippen LogP contribution in [0.5, 0.6) is 0 Å². The first kappa shape index (κ1) is 11.0. The molecule has 0 amide bonds. The Balaban J connectivity index is 2.49. The molecule has 0 aliphatic carbocycles. The van der Waals surface area contributed by atoms with Crippen LogP contribution < -0.4 is 5.73 Å². The lowest BCUT2D eigenvalue weighted by Crippen LogP contribution is -2.52. The third kappa shape index (κ3) is 3.25. The predicted molar refractivity (Wildman–Crippen MR) is 52.7 cm³/mol. The average Bonchev–Trinajstić information content (AvgIpc) is 2.04. The molecular weight excluding hydrogens is 166 g/mol. The van der Waals surface area contributed by atoms with Crippen molar-refractivity contribution in [3.63, 3.8) is 0 Å². The number of methoxy groups -OCH3 is 1. The third-order valence-corrected chi connectivity index (χ3v) is 2.68. The second-order valence-electron chi connectivity index (χ2n) is 4.66. The van der Waals surface area contributed by atoms with Gasteiger partial charge in [-0.05, 0) is 33.1 Å². The molecule has 1 heterocycles. The van der Waals surface area contributed by atoms with Crippen LogP contribution in [0.2, 0.25) is 0 Å². The molecule has 1 fully saturated rings. The Morgan fingerprint density at radius 1 is 1.54 bits per heavy atom. The first-order valence-corrected chi connectivity index (χ1v) is 4.89. The third-order valence-electron chi connectivity index (χ3n) is 2.68. The summed E-state index contributed by atoms with van der Waals surface area (Å²) in [6, 6.07) is 0. The molecule has 0 spiro atoms. The van der Waals surface area contributed by atoms with Crippen molar-refractivity contribution in [2.75, 3.05) is 20.3 Å². The summed E-state index contributed by atoms with van der Waals surface area (Å²) >= 11 is 0. The molecule has 0 bridgehead atoms. The quantitative estimate of drug-likeness (QED) is 0.724. The van der Waals surface area contributed by atoms with Crippen molar-refractivity contribution in [3.05, 3.63) is 0 Å². The Morgan fingerprint density at radius 2 is 2.23 bits per heavy atom. The Labute approximate surface area is 80.6 Å². The Hall–Kier alpha value is -0.120. The van der Waals surface area contributed by atoms with Gasteiger partial charge < -0.3 is 15.2 Å². The van der Waals surface area contributed by atoms with E-state index in [2.05, 4.69) is 13.8 Å². The molecular formula is C10H21NO2. The standard InChI is InChI=1S/C10H21NO2/c1-9(2,12-3)7-10(11)5-4-6-13-8-10/h4-8,11H2,1-3H3. The van der Waals surface area contributed by atoms with Crippen LogP contribution in [0.4, 0.5) is 0 Å². The number of hydrogen-bond donors (Lipinski definition) is 1. The van der Waals surface area contributed by atoms with Crippen molar-refractivity contribution in [2.24, 2.45) is 5.73 Å². The molecule has 1 unspecified atom stereocenters. The summed E-state index contributed by atoms with van der Waals surface area (Å²) in [5.41, 5.74) is 5.89. The van der Waals surface area contributed by atoms with E-state index in [-0.39, 0.29) is 11.1 Å². The van der Waals surface area contributed by atoms with Gasteiger partial charge in [-0.1, -0.05) is 0 Å². The molecule has 3 nitrogen and oxygen atoms in total. The van der Waals surface area contributed by atoms with Gasteiger partial charge in [-0.2, -0.15) is 0 Å². The highest BCUT2D eigenvalue weighted by molar-refractivity contribution is 4.92. The van der Waals surface area contributed by atoms with Gasteiger partial charge in [0.2, 0.25) is 0 Å². The van der Waals surface area contributed by atoms with Crippen LogP contribution >= 0.6 is 0 Å². The highest BCUT2D eigenvalue weighted by Gasteiger charge is 2.34. The largest absolute Gasteiger partial charge is 0.380 e. The molecule has 0 radical (unpaired) electrons. The van der Waals surface area contributed by atoms with Crippen LogP contribution in [0, 0.1) is 0 Å². The molecule has 1 atom stereocenters. The van der Waals surface area contributed by atoms with E-state index >= 15 is 0 Å². The van der Waals surface area contributed by atoms with Gasteiger partial charge in [0.15, 0.2) is 0 Å². The summed E-state index contributed by atoms with van der Waals surface area (Å²) in [4.78, 5) is 0. The summed E-state index contributed by atoms with van der Waals surface area (Å²) in [7, 11) is 1.73. The number of hydrogen-bond acceptors (Lipinski definition) is 3. The van der Waals surface area contributed by atoms with Crippen molar-refractivity contribution in [1.29, 1.82) is 0 Å². The van der Waals surface area contributed by atoms with Gasteiger partial charge in [-0.15, -0.1) is 0 Å². The minimum absolute atomic E-state index is 0.143. The van der Waals surface area contributed by atoms with Crippen molar-refractivity contribution >= 4 is 0 Å². The number of rotatable bonds is 3. The maximum Gasteiger partial charge on any atom is 0.0647 e. The van der Waals surface area contributed by atoms with Crippen LogP contribution in [0.25, 0.3) is 0 Å². The summed E-state index contributed by atoms with van der Waals surface area (Å²) in [5, 5.41) is 0. The van der Waals surface area contributed by atoms with Gasteiger partial charge in [0.1, 0.15) is 0 Å². The van der Waals surface area contributed by atoms with E-state index in [1.807, 2.05) is 0 Å². The molecule has 1 rings (SSSR count). The van der Waals surface area contributed by atoms with Gasteiger partial charge in [0, 0.05) is 19.3 Å². The van der Waals surface area contributed by atoms with Gasteiger partial charge in [0.25, 0.3) is 0 Å². The van der Waals surface area contributed by atoms with Gasteiger partial charge >= 0.3 is 0 Å². The van der Waals surface area contributed by atoms with Crippen LogP contribution in [-0.2, 0) is 9.47 Å². The zero-order valence-corrected chi connectivity index (χ0v) is 8.93. The number of ether oxygens (including phenoxy) is 2. The molecule has 78 valence electrons. The molecule has 13 heavy (non-hydrogen) atoms. The average molecular weight is 187 g/mol. The lowest BCUT2D eigenvalue weighted by Gasteiger charge is -2.38. The molecule has 0 aromatic rings. The van der Waals surface area contributed by atoms with E-state index in [1.54, 1.807) is 7.11 Å². The Bertz CT molecular complexity index is 162. The first-order chi connectivity index (χ1) is 5.97. The summed E-state index contributed by atoms with van der Waals surface area (Å²) in [6.07, 6.45) is 2.96. The second kappa shape index (κ2) is 3.95. The summed E-state index contributed by atoms with van der Waals surface area (Å²) in [6.45, 7) is 5.65. The maximum absolute atomic E-state index is 6.22. The van der Waals surface area contributed by atoms with Gasteiger partial charge in [-0.25, -0.2) is 0 Å². The Morgan fingerprint density at radius 3 is 2.69 bits per heavy atom. The maximum atomic E-state index is 6.22. The fraction of sp³-hybridized carbons (Fsp3) is 1.00. The molecule has 0 aromatic heterocycles. The van der Waals surface area contributed by atoms with Crippen LogP contribution in [0.1, 0.15) is 33.1 Å². The molecule has 0 saturated carbocycles. The van der Waals surface area contributed by atoms with Crippen molar-refractivity contribution in [1.82, 2.24) is 0 Å². The lowest BCUT2D eigenvalue weighted by atomic mass is 9.83. The van der Waals surface area contributed by atoms with Gasteiger partial charge in [0.05, 0.1) is 12.2 Å². The monoisotopic (exact) mass is 187 g/mol. The van der Waals surface area contributed by atoms with E-state index in [4.69, 9.17) is 15.2 Å². The van der Waals surface area contributed by atoms with E-state index in [1.165, 1.54) is 0 Å². The second-order valence-corrected chi connectivity index (χ2v) is 4.66. The van der Waals surface area contributed by atoms with Crippen LogP contribution in [0.3, 0.4) is 0 Å². The molecule has 1 aliphatic heterocycles. The molecule has 0 aromatic carbocycles. The molecule has 1 aliphatic rings. The topological polar surface area (TPSA) is 44.5 Å². The minimum Gasteiger partial charge on any atom is -0.380 e. The fourth-order valence-corrected chi connectivity index (χ4v) is 1.93. The van der Waals surface area contributed by atoms with Crippen LogP contribution in [-0.4, -0.2) is 31.5 Å². The SMILES string of the molecule is COC(C)(C)CC1(N)CCCOC1.